The normalized spacial score (nSPS) is 14.3. The van der Waals surface area contributed by atoms with E-state index in [1.165, 1.54) is 12.5 Å². The van der Waals surface area contributed by atoms with Crippen LogP contribution in [0.2, 0.25) is 5.02 Å². The molecule has 152 valence electrons. The van der Waals surface area contributed by atoms with Gasteiger partial charge in [-0.3, -0.25) is 9.59 Å². The Labute approximate surface area is 175 Å². The van der Waals surface area contributed by atoms with Gasteiger partial charge >= 0.3 is 5.97 Å². The molecule has 5 nitrogen and oxygen atoms in total. The zero-order chi connectivity index (χ0) is 20.8. The van der Waals surface area contributed by atoms with E-state index in [9.17, 15) is 14.4 Å². The van der Waals surface area contributed by atoms with Crippen molar-refractivity contribution in [2.45, 2.75) is 38.1 Å². The molecule has 1 saturated carbocycles. The lowest BCUT2D eigenvalue weighted by Crippen LogP contribution is -2.40. The Kier molecular flexibility index (Phi) is 7.04. The molecule has 0 atom stereocenters. The monoisotopic (exact) mass is 413 g/mol. The van der Waals surface area contributed by atoms with Crippen molar-refractivity contribution in [1.82, 2.24) is 4.90 Å². The van der Waals surface area contributed by atoms with Crippen LogP contribution in [0.3, 0.4) is 0 Å². The van der Waals surface area contributed by atoms with Crippen LogP contribution < -0.4 is 0 Å². The molecule has 0 unspecified atom stereocenters. The number of nitrogens with zero attached hydrogens (tertiary/aromatic N) is 1. The van der Waals surface area contributed by atoms with Gasteiger partial charge < -0.3 is 9.64 Å². The number of hydrogen-bond acceptors (Lipinski definition) is 4. The second-order valence-electron chi connectivity index (χ2n) is 7.25. The van der Waals surface area contributed by atoms with Gasteiger partial charge in [0.05, 0.1) is 5.56 Å². The SMILES string of the molecule is CN(C(=O)COC(=O)c1ccccc1C(=O)c1ccc(Cl)cc1)C1CCCCC1. The van der Waals surface area contributed by atoms with E-state index in [2.05, 4.69) is 0 Å². The molecule has 0 spiro atoms. The third-order valence-corrected chi connectivity index (χ3v) is 5.59. The number of halogens is 1. The summed E-state index contributed by atoms with van der Waals surface area (Å²) in [7, 11) is 1.75. The number of benzene rings is 2. The quantitative estimate of drug-likeness (QED) is 0.516. The number of carbonyl (C=O) groups excluding carboxylic acids is 3. The lowest BCUT2D eigenvalue weighted by Gasteiger charge is -2.31. The van der Waals surface area contributed by atoms with Gasteiger partial charge in [-0.15, -0.1) is 0 Å². The second-order valence-corrected chi connectivity index (χ2v) is 7.69. The van der Waals surface area contributed by atoms with Gasteiger partial charge in [-0.25, -0.2) is 4.79 Å². The van der Waals surface area contributed by atoms with Gasteiger partial charge in [0.2, 0.25) is 0 Å². The molecule has 0 bridgehead atoms. The van der Waals surface area contributed by atoms with Crippen LogP contribution in [0.25, 0.3) is 0 Å². The van der Waals surface area contributed by atoms with E-state index in [0.717, 1.165) is 25.7 Å². The first-order valence-corrected chi connectivity index (χ1v) is 10.2. The lowest BCUT2D eigenvalue weighted by molar-refractivity contribution is -0.135. The fourth-order valence-electron chi connectivity index (χ4n) is 3.59. The summed E-state index contributed by atoms with van der Waals surface area (Å²) in [6, 6.07) is 13.1. The van der Waals surface area contributed by atoms with E-state index in [1.54, 1.807) is 54.4 Å². The number of amides is 1. The Morgan fingerprint density at radius 2 is 1.59 bits per heavy atom. The molecule has 29 heavy (non-hydrogen) atoms. The molecule has 0 aromatic heterocycles. The largest absolute Gasteiger partial charge is 0.452 e. The molecule has 2 aromatic rings. The van der Waals surface area contributed by atoms with Crippen molar-refractivity contribution in [2.24, 2.45) is 0 Å². The highest BCUT2D eigenvalue weighted by Crippen LogP contribution is 2.22. The maximum atomic E-state index is 12.8. The van der Waals surface area contributed by atoms with Crippen molar-refractivity contribution < 1.29 is 19.1 Å². The topological polar surface area (TPSA) is 63.7 Å². The van der Waals surface area contributed by atoms with E-state index >= 15 is 0 Å². The predicted molar refractivity (Wildman–Crippen MR) is 111 cm³/mol. The maximum absolute atomic E-state index is 12.8. The van der Waals surface area contributed by atoms with Crippen molar-refractivity contribution in [1.29, 1.82) is 0 Å². The zero-order valence-electron chi connectivity index (χ0n) is 16.4. The molecule has 3 rings (SSSR count). The molecule has 1 amide bonds. The number of likely N-dealkylation sites (N-methyl/N-ethyl adjacent to an activating group) is 1. The second kappa shape index (κ2) is 9.70. The summed E-state index contributed by atoms with van der Waals surface area (Å²) in [6.45, 7) is -0.338. The van der Waals surface area contributed by atoms with Gasteiger partial charge in [0.15, 0.2) is 12.4 Å². The molecule has 6 heteroatoms. The van der Waals surface area contributed by atoms with E-state index in [0.29, 0.717) is 10.6 Å². The van der Waals surface area contributed by atoms with Crippen LogP contribution in [-0.4, -0.2) is 42.3 Å². The summed E-state index contributed by atoms with van der Waals surface area (Å²) in [6.07, 6.45) is 5.39. The van der Waals surface area contributed by atoms with Gasteiger partial charge in [0, 0.05) is 29.2 Å². The van der Waals surface area contributed by atoms with Gasteiger partial charge in [-0.1, -0.05) is 49.1 Å². The Bertz CT molecular complexity index is 888. The molecular formula is C23H24ClNO4. The molecule has 1 fully saturated rings. The predicted octanol–water partition coefficient (Wildman–Crippen LogP) is 4.52. The Morgan fingerprint density at radius 3 is 2.24 bits per heavy atom. The van der Waals surface area contributed by atoms with Crippen LogP contribution >= 0.6 is 11.6 Å². The zero-order valence-corrected chi connectivity index (χ0v) is 17.2. The Balaban J connectivity index is 1.67. The Morgan fingerprint density at radius 1 is 0.966 bits per heavy atom. The maximum Gasteiger partial charge on any atom is 0.339 e. The summed E-state index contributed by atoms with van der Waals surface area (Å²) in [4.78, 5) is 39.5. The number of ether oxygens (including phenoxy) is 1. The number of carbonyl (C=O) groups is 3. The van der Waals surface area contributed by atoms with Gasteiger partial charge in [-0.05, 0) is 43.2 Å². The minimum atomic E-state index is -0.687. The van der Waals surface area contributed by atoms with Crippen LogP contribution in [0, 0.1) is 0 Å². The average Bonchev–Trinajstić information content (AvgIpc) is 2.77. The average molecular weight is 414 g/mol. The molecule has 0 aliphatic heterocycles. The van der Waals surface area contributed by atoms with Gasteiger partial charge in [0.1, 0.15) is 0 Å². The first-order chi connectivity index (χ1) is 14.0. The minimum absolute atomic E-state index is 0.139. The number of esters is 1. The molecule has 1 aliphatic rings. The molecule has 0 heterocycles. The van der Waals surface area contributed by atoms with Crippen molar-refractivity contribution in [3.8, 4) is 0 Å². The fraction of sp³-hybridized carbons (Fsp3) is 0.348. The molecule has 0 radical (unpaired) electrons. The van der Waals surface area contributed by atoms with E-state index in [4.69, 9.17) is 16.3 Å². The van der Waals surface area contributed by atoms with Crippen LogP contribution in [-0.2, 0) is 9.53 Å². The molecular weight excluding hydrogens is 390 g/mol. The summed E-state index contributed by atoms with van der Waals surface area (Å²) in [5.74, 6) is -1.22. The number of rotatable bonds is 6. The first kappa shape index (κ1) is 21.1. The molecule has 0 N–H and O–H groups in total. The van der Waals surface area contributed by atoms with E-state index in [1.807, 2.05) is 0 Å². The summed E-state index contributed by atoms with van der Waals surface area (Å²) in [5.41, 5.74) is 0.788. The summed E-state index contributed by atoms with van der Waals surface area (Å²) >= 11 is 5.88. The van der Waals surface area contributed by atoms with Crippen molar-refractivity contribution in [3.63, 3.8) is 0 Å². The highest BCUT2D eigenvalue weighted by Gasteiger charge is 2.24. The molecule has 0 saturated heterocycles. The van der Waals surface area contributed by atoms with Crippen molar-refractivity contribution in [2.75, 3.05) is 13.7 Å². The van der Waals surface area contributed by atoms with E-state index in [-0.39, 0.29) is 35.5 Å². The smallest absolute Gasteiger partial charge is 0.339 e. The third kappa shape index (κ3) is 5.24. The highest BCUT2D eigenvalue weighted by molar-refractivity contribution is 6.30. The molecule has 2 aromatic carbocycles. The van der Waals surface area contributed by atoms with Crippen LogP contribution in [0.5, 0.6) is 0 Å². The van der Waals surface area contributed by atoms with Crippen molar-refractivity contribution in [3.05, 3.63) is 70.2 Å². The van der Waals surface area contributed by atoms with Gasteiger partial charge in [-0.2, -0.15) is 0 Å². The van der Waals surface area contributed by atoms with Crippen molar-refractivity contribution >= 4 is 29.3 Å². The van der Waals surface area contributed by atoms with E-state index < -0.39 is 5.97 Å². The number of ketones is 1. The lowest BCUT2D eigenvalue weighted by atomic mass is 9.94. The van der Waals surface area contributed by atoms with Crippen LogP contribution in [0.1, 0.15) is 58.4 Å². The fourth-order valence-corrected chi connectivity index (χ4v) is 3.72. The van der Waals surface area contributed by atoms with Crippen LogP contribution in [0.15, 0.2) is 48.5 Å². The summed E-state index contributed by atoms with van der Waals surface area (Å²) < 4.78 is 5.24. The highest BCUT2D eigenvalue weighted by atomic mass is 35.5. The summed E-state index contributed by atoms with van der Waals surface area (Å²) in [5, 5.41) is 0.523. The minimum Gasteiger partial charge on any atom is -0.452 e. The first-order valence-electron chi connectivity index (χ1n) is 9.79. The Hall–Kier alpha value is -2.66. The standard InChI is InChI=1S/C23H24ClNO4/c1-25(18-7-3-2-4-8-18)21(26)15-29-23(28)20-10-6-5-9-19(20)22(27)16-11-13-17(24)14-12-16/h5-6,9-14,18H,2-4,7-8,15H2,1H3. The number of hydrogen-bond donors (Lipinski definition) is 0. The van der Waals surface area contributed by atoms with Gasteiger partial charge in [0.25, 0.3) is 5.91 Å². The molecule has 1 aliphatic carbocycles. The third-order valence-electron chi connectivity index (χ3n) is 5.34. The van der Waals surface area contributed by atoms with Crippen LogP contribution in [0.4, 0.5) is 0 Å².